The quantitative estimate of drug-likeness (QED) is 0.683. The van der Waals surface area contributed by atoms with Gasteiger partial charge in [0.15, 0.2) is 11.6 Å². The predicted molar refractivity (Wildman–Crippen MR) is 79.0 cm³/mol. The van der Waals surface area contributed by atoms with Gasteiger partial charge >= 0.3 is 0 Å². The number of aryl methyl sites for hydroxylation is 1. The molecule has 1 nitrogen and oxygen atoms in total. The molecular formula is C17H24F2O. The van der Waals surface area contributed by atoms with E-state index >= 15 is 0 Å². The van der Waals surface area contributed by atoms with Gasteiger partial charge in [-0.1, -0.05) is 18.2 Å². The number of ether oxygens (including phenoxy) is 1. The second kappa shape index (κ2) is 6.87. The summed E-state index contributed by atoms with van der Waals surface area (Å²) in [5.41, 5.74) is 0.307. The Balaban J connectivity index is 0.00000220. The molecule has 0 N–H and O–H groups in total. The standard InChI is InChI=1S/C17H22F2O.H2/c1-3-4-13-6-8-14(9-7-13)11-20-15-10-5-12(2)16(18)17(15)19;/h3-5,10,13-14H,6-9,11H2,1-2H3;1H/b4-3+;. The van der Waals surface area contributed by atoms with E-state index in [2.05, 4.69) is 12.2 Å². The van der Waals surface area contributed by atoms with Crippen LogP contribution in [0, 0.1) is 30.4 Å². The van der Waals surface area contributed by atoms with Gasteiger partial charge in [0.1, 0.15) is 0 Å². The first kappa shape index (κ1) is 15.0. The third-order valence-corrected chi connectivity index (χ3v) is 4.07. The van der Waals surface area contributed by atoms with Gasteiger partial charge in [0.05, 0.1) is 6.61 Å². The number of rotatable bonds is 4. The SMILES string of the molecule is C/C=C/C1CCC(COc2ccc(C)c(F)c2F)CC1.[HH]. The fourth-order valence-corrected chi connectivity index (χ4v) is 2.77. The Bertz CT molecular complexity index is 480. The van der Waals surface area contributed by atoms with Crippen molar-refractivity contribution in [2.75, 3.05) is 6.61 Å². The molecule has 0 heterocycles. The van der Waals surface area contributed by atoms with E-state index in [1.54, 1.807) is 13.0 Å². The molecule has 1 aromatic carbocycles. The van der Waals surface area contributed by atoms with Crippen molar-refractivity contribution in [1.29, 1.82) is 0 Å². The Hall–Kier alpha value is -1.38. The highest BCUT2D eigenvalue weighted by atomic mass is 19.2. The lowest BCUT2D eigenvalue weighted by molar-refractivity contribution is 0.188. The Morgan fingerprint density at radius 2 is 1.90 bits per heavy atom. The molecule has 0 aliphatic heterocycles. The monoisotopic (exact) mass is 282 g/mol. The van der Waals surface area contributed by atoms with Crippen LogP contribution in [0.2, 0.25) is 0 Å². The molecule has 0 atom stereocenters. The van der Waals surface area contributed by atoms with Crippen molar-refractivity contribution in [1.82, 2.24) is 0 Å². The van der Waals surface area contributed by atoms with Crippen LogP contribution in [0.4, 0.5) is 8.78 Å². The number of hydrogen-bond donors (Lipinski definition) is 0. The lowest BCUT2D eigenvalue weighted by Gasteiger charge is -2.26. The van der Waals surface area contributed by atoms with Crippen molar-refractivity contribution < 1.29 is 14.9 Å². The molecule has 1 saturated carbocycles. The minimum absolute atomic E-state index is 0. The summed E-state index contributed by atoms with van der Waals surface area (Å²) in [6.07, 6.45) is 8.85. The molecule has 0 amide bonds. The second-order valence-corrected chi connectivity index (χ2v) is 5.63. The number of halogens is 2. The van der Waals surface area contributed by atoms with Gasteiger partial charge in [-0.25, -0.2) is 4.39 Å². The van der Waals surface area contributed by atoms with Crippen LogP contribution in [-0.2, 0) is 0 Å². The maximum absolute atomic E-state index is 13.7. The Kier molecular flexibility index (Phi) is 5.16. The molecule has 2 rings (SSSR count). The summed E-state index contributed by atoms with van der Waals surface area (Å²) in [7, 11) is 0. The lowest BCUT2D eigenvalue weighted by atomic mass is 9.82. The van der Waals surface area contributed by atoms with Crippen LogP contribution in [-0.4, -0.2) is 6.61 Å². The molecule has 20 heavy (non-hydrogen) atoms. The molecular weight excluding hydrogens is 258 g/mol. The molecule has 0 radical (unpaired) electrons. The molecule has 0 unspecified atom stereocenters. The van der Waals surface area contributed by atoms with Crippen LogP contribution in [0.3, 0.4) is 0 Å². The fourth-order valence-electron chi connectivity index (χ4n) is 2.77. The van der Waals surface area contributed by atoms with Crippen LogP contribution >= 0.6 is 0 Å². The minimum Gasteiger partial charge on any atom is -0.490 e. The molecule has 1 aromatic rings. The van der Waals surface area contributed by atoms with Gasteiger partial charge < -0.3 is 4.74 Å². The number of benzene rings is 1. The zero-order chi connectivity index (χ0) is 14.5. The van der Waals surface area contributed by atoms with Crippen molar-refractivity contribution in [3.63, 3.8) is 0 Å². The number of hydrogen-bond acceptors (Lipinski definition) is 1. The van der Waals surface area contributed by atoms with E-state index in [1.165, 1.54) is 6.07 Å². The molecule has 1 aliphatic carbocycles. The van der Waals surface area contributed by atoms with Gasteiger partial charge in [0.25, 0.3) is 0 Å². The van der Waals surface area contributed by atoms with E-state index < -0.39 is 11.6 Å². The maximum atomic E-state index is 13.7. The van der Waals surface area contributed by atoms with Crippen molar-refractivity contribution in [2.24, 2.45) is 11.8 Å². The highest BCUT2D eigenvalue weighted by Gasteiger charge is 2.21. The Morgan fingerprint density at radius 3 is 2.55 bits per heavy atom. The average Bonchev–Trinajstić information content (AvgIpc) is 2.46. The molecule has 1 aliphatic rings. The highest BCUT2D eigenvalue weighted by molar-refractivity contribution is 5.30. The molecule has 0 aromatic heterocycles. The van der Waals surface area contributed by atoms with Crippen LogP contribution in [0.1, 0.15) is 39.6 Å². The summed E-state index contributed by atoms with van der Waals surface area (Å²) in [6.45, 7) is 4.07. The van der Waals surface area contributed by atoms with E-state index in [1.807, 2.05) is 6.92 Å². The van der Waals surface area contributed by atoms with Gasteiger partial charge in [-0.05, 0) is 63.0 Å². The Morgan fingerprint density at radius 1 is 1.20 bits per heavy atom. The van der Waals surface area contributed by atoms with Crippen molar-refractivity contribution in [3.8, 4) is 5.75 Å². The van der Waals surface area contributed by atoms with Crippen LogP contribution < -0.4 is 4.74 Å². The van der Waals surface area contributed by atoms with Gasteiger partial charge in [0, 0.05) is 1.43 Å². The highest BCUT2D eigenvalue weighted by Crippen LogP contribution is 2.31. The van der Waals surface area contributed by atoms with Gasteiger partial charge in [-0.3, -0.25) is 0 Å². The van der Waals surface area contributed by atoms with Gasteiger partial charge in [-0.2, -0.15) is 4.39 Å². The molecule has 0 spiro atoms. The van der Waals surface area contributed by atoms with Crippen molar-refractivity contribution in [2.45, 2.75) is 39.5 Å². The first-order valence-electron chi connectivity index (χ1n) is 7.32. The first-order valence-corrected chi connectivity index (χ1v) is 7.32. The molecule has 3 heteroatoms. The van der Waals surface area contributed by atoms with E-state index in [-0.39, 0.29) is 7.18 Å². The first-order chi connectivity index (χ1) is 9.61. The number of allylic oxidation sites excluding steroid dienone is 2. The molecule has 112 valence electrons. The maximum Gasteiger partial charge on any atom is 0.200 e. The Labute approximate surface area is 121 Å². The normalized spacial score (nSPS) is 23.2. The van der Waals surface area contributed by atoms with Crippen LogP contribution in [0.5, 0.6) is 5.75 Å². The topological polar surface area (TPSA) is 9.23 Å². The fraction of sp³-hybridized carbons (Fsp3) is 0.529. The van der Waals surface area contributed by atoms with Gasteiger partial charge in [-0.15, -0.1) is 0 Å². The van der Waals surface area contributed by atoms with E-state index in [9.17, 15) is 8.78 Å². The average molecular weight is 282 g/mol. The summed E-state index contributed by atoms with van der Waals surface area (Å²) < 4.78 is 32.6. The largest absolute Gasteiger partial charge is 0.490 e. The second-order valence-electron chi connectivity index (χ2n) is 5.63. The van der Waals surface area contributed by atoms with Crippen molar-refractivity contribution >= 4 is 0 Å². The zero-order valence-corrected chi connectivity index (χ0v) is 12.2. The van der Waals surface area contributed by atoms with Crippen LogP contribution in [0.15, 0.2) is 24.3 Å². The summed E-state index contributed by atoms with van der Waals surface area (Å²) in [5, 5.41) is 0. The van der Waals surface area contributed by atoms with Crippen LogP contribution in [0.25, 0.3) is 0 Å². The minimum atomic E-state index is -0.868. The summed E-state index contributed by atoms with van der Waals surface area (Å²) >= 11 is 0. The van der Waals surface area contributed by atoms with Crippen molar-refractivity contribution in [3.05, 3.63) is 41.5 Å². The smallest absolute Gasteiger partial charge is 0.200 e. The van der Waals surface area contributed by atoms with E-state index in [0.717, 1.165) is 25.7 Å². The molecule has 0 saturated heterocycles. The predicted octanol–water partition coefficient (Wildman–Crippen LogP) is 5.28. The summed E-state index contributed by atoms with van der Waals surface area (Å²) in [4.78, 5) is 0. The van der Waals surface area contributed by atoms with E-state index in [4.69, 9.17) is 4.74 Å². The molecule has 0 bridgehead atoms. The molecule has 1 fully saturated rings. The van der Waals surface area contributed by atoms with Gasteiger partial charge in [0.2, 0.25) is 5.82 Å². The third-order valence-electron chi connectivity index (χ3n) is 4.07. The summed E-state index contributed by atoms with van der Waals surface area (Å²) in [5.74, 6) is -0.527. The summed E-state index contributed by atoms with van der Waals surface area (Å²) in [6, 6.07) is 3.07. The zero-order valence-electron chi connectivity index (χ0n) is 12.2. The third kappa shape index (κ3) is 3.59. The lowest BCUT2D eigenvalue weighted by Crippen LogP contribution is -2.19. The van der Waals surface area contributed by atoms with E-state index in [0.29, 0.717) is 24.0 Å².